The summed E-state index contributed by atoms with van der Waals surface area (Å²) in [6, 6.07) is 7.66. The SMILES string of the molecule is O=C(c1ccco1)c1cccn1C1CCNCC1. The van der Waals surface area contributed by atoms with Crippen LogP contribution >= 0.6 is 0 Å². The number of carbonyl (C=O) groups is 1. The molecule has 0 aliphatic carbocycles. The van der Waals surface area contributed by atoms with Gasteiger partial charge >= 0.3 is 0 Å². The van der Waals surface area contributed by atoms with Gasteiger partial charge < -0.3 is 14.3 Å². The molecule has 1 N–H and O–H groups in total. The van der Waals surface area contributed by atoms with E-state index >= 15 is 0 Å². The number of aromatic nitrogens is 1. The van der Waals surface area contributed by atoms with Crippen LogP contribution in [-0.2, 0) is 0 Å². The van der Waals surface area contributed by atoms with E-state index in [-0.39, 0.29) is 5.78 Å². The first kappa shape index (κ1) is 11.3. The van der Waals surface area contributed by atoms with Gasteiger partial charge in [-0.15, -0.1) is 0 Å². The van der Waals surface area contributed by atoms with Crippen molar-refractivity contribution in [2.75, 3.05) is 13.1 Å². The number of nitrogens with zero attached hydrogens (tertiary/aromatic N) is 1. The Labute approximate surface area is 106 Å². The van der Waals surface area contributed by atoms with Gasteiger partial charge in [0.25, 0.3) is 0 Å². The highest BCUT2D eigenvalue weighted by atomic mass is 16.3. The van der Waals surface area contributed by atoms with Crippen LogP contribution in [0.4, 0.5) is 0 Å². The highest BCUT2D eigenvalue weighted by molar-refractivity contribution is 6.06. The molecule has 1 fully saturated rings. The summed E-state index contributed by atoms with van der Waals surface area (Å²) in [5.74, 6) is 0.368. The fourth-order valence-electron chi connectivity index (χ4n) is 2.52. The van der Waals surface area contributed by atoms with Crippen LogP contribution in [0.2, 0.25) is 0 Å². The van der Waals surface area contributed by atoms with E-state index in [4.69, 9.17) is 4.42 Å². The molecule has 4 nitrogen and oxygen atoms in total. The fraction of sp³-hybridized carbons (Fsp3) is 0.357. The molecule has 1 aliphatic rings. The smallest absolute Gasteiger partial charge is 0.244 e. The Morgan fingerprint density at radius 3 is 2.83 bits per heavy atom. The van der Waals surface area contributed by atoms with E-state index in [0.717, 1.165) is 31.6 Å². The molecule has 0 bridgehead atoms. The average molecular weight is 244 g/mol. The van der Waals surface area contributed by atoms with E-state index in [1.54, 1.807) is 12.1 Å². The average Bonchev–Trinajstić information content (AvgIpc) is 3.10. The summed E-state index contributed by atoms with van der Waals surface area (Å²) in [7, 11) is 0. The van der Waals surface area contributed by atoms with Crippen LogP contribution in [0.3, 0.4) is 0 Å². The van der Waals surface area contributed by atoms with Crippen LogP contribution in [-0.4, -0.2) is 23.4 Å². The molecule has 0 unspecified atom stereocenters. The summed E-state index contributed by atoms with van der Waals surface area (Å²) in [5.41, 5.74) is 0.719. The van der Waals surface area contributed by atoms with Crippen molar-refractivity contribution < 1.29 is 9.21 Å². The number of furan rings is 1. The van der Waals surface area contributed by atoms with Crippen molar-refractivity contribution in [3.05, 3.63) is 48.2 Å². The Bertz CT molecular complexity index is 522. The maximum Gasteiger partial charge on any atom is 0.244 e. The molecule has 3 heterocycles. The van der Waals surface area contributed by atoms with Gasteiger partial charge in [0.1, 0.15) is 0 Å². The van der Waals surface area contributed by atoms with Gasteiger partial charge in [-0.05, 0) is 50.2 Å². The minimum Gasteiger partial charge on any atom is -0.461 e. The van der Waals surface area contributed by atoms with E-state index in [9.17, 15) is 4.79 Å². The van der Waals surface area contributed by atoms with Crippen molar-refractivity contribution in [1.82, 2.24) is 9.88 Å². The number of carbonyl (C=O) groups excluding carboxylic acids is 1. The zero-order valence-electron chi connectivity index (χ0n) is 10.1. The molecular weight excluding hydrogens is 228 g/mol. The lowest BCUT2D eigenvalue weighted by Gasteiger charge is -2.25. The molecule has 2 aromatic rings. The number of ketones is 1. The van der Waals surface area contributed by atoms with Gasteiger partial charge in [0, 0.05) is 12.2 Å². The molecule has 1 aliphatic heterocycles. The van der Waals surface area contributed by atoms with Crippen molar-refractivity contribution in [2.45, 2.75) is 18.9 Å². The lowest BCUT2D eigenvalue weighted by molar-refractivity contribution is 0.0997. The predicted molar refractivity (Wildman–Crippen MR) is 67.7 cm³/mol. The number of hydrogen-bond donors (Lipinski definition) is 1. The van der Waals surface area contributed by atoms with Gasteiger partial charge in [-0.25, -0.2) is 0 Å². The van der Waals surface area contributed by atoms with Crippen molar-refractivity contribution in [2.24, 2.45) is 0 Å². The van der Waals surface area contributed by atoms with Crippen molar-refractivity contribution >= 4 is 5.78 Å². The van der Waals surface area contributed by atoms with Gasteiger partial charge in [0.15, 0.2) is 5.76 Å². The van der Waals surface area contributed by atoms with Gasteiger partial charge in [-0.1, -0.05) is 0 Å². The van der Waals surface area contributed by atoms with Crippen LogP contribution in [0.15, 0.2) is 41.1 Å². The largest absolute Gasteiger partial charge is 0.461 e. The zero-order chi connectivity index (χ0) is 12.4. The molecule has 94 valence electrons. The third kappa shape index (κ3) is 1.99. The first-order chi connectivity index (χ1) is 8.86. The zero-order valence-corrected chi connectivity index (χ0v) is 10.1. The fourth-order valence-corrected chi connectivity index (χ4v) is 2.52. The topological polar surface area (TPSA) is 47.2 Å². The van der Waals surface area contributed by atoms with Crippen molar-refractivity contribution in [3.8, 4) is 0 Å². The standard InChI is InChI=1S/C14H16N2O2/c17-14(13-4-2-10-18-13)12-3-1-9-16(12)11-5-7-15-8-6-11/h1-4,9-11,15H,5-8H2. The maximum absolute atomic E-state index is 12.3. The molecular formula is C14H16N2O2. The molecule has 4 heteroatoms. The third-order valence-electron chi connectivity index (χ3n) is 3.46. The number of rotatable bonds is 3. The number of nitrogens with one attached hydrogen (secondary N) is 1. The van der Waals surface area contributed by atoms with E-state index in [1.165, 1.54) is 6.26 Å². The van der Waals surface area contributed by atoms with Gasteiger partial charge in [-0.3, -0.25) is 4.79 Å². The summed E-state index contributed by atoms with van der Waals surface area (Å²) >= 11 is 0. The Morgan fingerprint density at radius 1 is 1.28 bits per heavy atom. The van der Waals surface area contributed by atoms with Crippen molar-refractivity contribution in [1.29, 1.82) is 0 Å². The Kier molecular flexibility index (Phi) is 3.02. The second-order valence-corrected chi connectivity index (χ2v) is 4.59. The molecule has 0 radical (unpaired) electrons. The molecule has 0 aromatic carbocycles. The van der Waals surface area contributed by atoms with E-state index in [0.29, 0.717) is 11.8 Å². The van der Waals surface area contributed by atoms with Crippen LogP contribution in [0, 0.1) is 0 Å². The molecule has 18 heavy (non-hydrogen) atoms. The van der Waals surface area contributed by atoms with Gasteiger partial charge in [0.05, 0.1) is 12.0 Å². The van der Waals surface area contributed by atoms with E-state index < -0.39 is 0 Å². The van der Waals surface area contributed by atoms with Crippen molar-refractivity contribution in [3.63, 3.8) is 0 Å². The maximum atomic E-state index is 12.3. The minimum atomic E-state index is -0.0384. The number of piperidine rings is 1. The Hall–Kier alpha value is -1.81. The van der Waals surface area contributed by atoms with Crippen LogP contribution in [0.5, 0.6) is 0 Å². The first-order valence-electron chi connectivity index (χ1n) is 6.32. The minimum absolute atomic E-state index is 0.0384. The summed E-state index contributed by atoms with van der Waals surface area (Å²) in [6.07, 6.45) is 5.65. The summed E-state index contributed by atoms with van der Waals surface area (Å²) < 4.78 is 7.28. The highest BCUT2D eigenvalue weighted by Crippen LogP contribution is 2.22. The second kappa shape index (κ2) is 4.82. The number of hydrogen-bond acceptors (Lipinski definition) is 3. The predicted octanol–water partition coefficient (Wildman–Crippen LogP) is 2.24. The summed E-state index contributed by atoms with van der Waals surface area (Å²) in [4.78, 5) is 12.3. The highest BCUT2D eigenvalue weighted by Gasteiger charge is 2.21. The molecule has 0 saturated carbocycles. The molecule has 0 amide bonds. The van der Waals surface area contributed by atoms with Crippen LogP contribution in [0.1, 0.15) is 35.1 Å². The molecule has 0 spiro atoms. The lowest BCUT2D eigenvalue weighted by atomic mass is 10.1. The first-order valence-corrected chi connectivity index (χ1v) is 6.32. The van der Waals surface area contributed by atoms with Crippen LogP contribution < -0.4 is 5.32 Å². The summed E-state index contributed by atoms with van der Waals surface area (Å²) in [5, 5.41) is 3.34. The third-order valence-corrected chi connectivity index (χ3v) is 3.46. The van der Waals surface area contributed by atoms with Crippen LogP contribution in [0.25, 0.3) is 0 Å². The monoisotopic (exact) mass is 244 g/mol. The Balaban J connectivity index is 1.89. The molecule has 0 atom stereocenters. The molecule has 2 aromatic heterocycles. The second-order valence-electron chi connectivity index (χ2n) is 4.59. The van der Waals surface area contributed by atoms with Gasteiger partial charge in [0.2, 0.25) is 5.78 Å². The lowest BCUT2D eigenvalue weighted by Crippen LogP contribution is -2.30. The van der Waals surface area contributed by atoms with Gasteiger partial charge in [-0.2, -0.15) is 0 Å². The Morgan fingerprint density at radius 2 is 2.11 bits per heavy atom. The molecule has 3 rings (SSSR count). The normalized spacial score (nSPS) is 16.9. The van der Waals surface area contributed by atoms with E-state index in [1.807, 2.05) is 18.3 Å². The summed E-state index contributed by atoms with van der Waals surface area (Å²) in [6.45, 7) is 2.02. The quantitative estimate of drug-likeness (QED) is 0.842. The van der Waals surface area contributed by atoms with E-state index in [2.05, 4.69) is 9.88 Å². The molecule has 1 saturated heterocycles.